The molecule has 1 amide bonds. The van der Waals surface area contributed by atoms with E-state index >= 15 is 0 Å². The largest absolute Gasteiger partial charge is 0.462 e. The minimum atomic E-state index is -0.130. The summed E-state index contributed by atoms with van der Waals surface area (Å²) in [7, 11) is 0. The highest BCUT2D eigenvalue weighted by Gasteiger charge is 2.20. The van der Waals surface area contributed by atoms with Crippen LogP contribution in [-0.4, -0.2) is 45.5 Å². The molecule has 1 aliphatic carbocycles. The molecule has 6 heteroatoms. The van der Waals surface area contributed by atoms with Gasteiger partial charge in [0.25, 0.3) is 0 Å². The van der Waals surface area contributed by atoms with E-state index in [9.17, 15) is 9.59 Å². The molecule has 1 saturated heterocycles. The number of imidazole rings is 1. The van der Waals surface area contributed by atoms with Crippen LogP contribution < -0.4 is 0 Å². The van der Waals surface area contributed by atoms with Crippen LogP contribution in [0.15, 0.2) is 12.4 Å². The van der Waals surface area contributed by atoms with Crippen molar-refractivity contribution in [2.75, 3.05) is 13.1 Å². The lowest BCUT2D eigenvalue weighted by molar-refractivity contribution is -0.149. The molecule has 6 nitrogen and oxygen atoms in total. The molecule has 2 aliphatic rings. The maximum atomic E-state index is 12.1. The van der Waals surface area contributed by atoms with Crippen LogP contribution in [0.4, 0.5) is 0 Å². The van der Waals surface area contributed by atoms with Crippen LogP contribution in [0.1, 0.15) is 57.2 Å². The van der Waals surface area contributed by atoms with Gasteiger partial charge in [-0.25, -0.2) is 4.98 Å². The van der Waals surface area contributed by atoms with Crippen LogP contribution in [0.3, 0.4) is 0 Å². The Labute approximate surface area is 143 Å². The fourth-order valence-corrected chi connectivity index (χ4v) is 3.58. The summed E-state index contributed by atoms with van der Waals surface area (Å²) in [5.41, 5.74) is 0. The van der Waals surface area contributed by atoms with Gasteiger partial charge >= 0.3 is 5.97 Å². The van der Waals surface area contributed by atoms with Gasteiger partial charge in [-0.05, 0) is 38.5 Å². The molecule has 0 N–H and O–H groups in total. The molecule has 24 heavy (non-hydrogen) atoms. The highest BCUT2D eigenvalue weighted by atomic mass is 16.5. The number of ether oxygens (including phenoxy) is 1. The number of amides is 1. The molecule has 1 aromatic heterocycles. The first-order valence-electron chi connectivity index (χ1n) is 9.19. The van der Waals surface area contributed by atoms with Gasteiger partial charge in [0.15, 0.2) is 0 Å². The Morgan fingerprint density at radius 3 is 2.62 bits per heavy atom. The van der Waals surface area contributed by atoms with E-state index < -0.39 is 0 Å². The van der Waals surface area contributed by atoms with Crippen LogP contribution in [0, 0.1) is 0 Å². The van der Waals surface area contributed by atoms with Crippen LogP contribution >= 0.6 is 0 Å². The Kier molecular flexibility index (Phi) is 5.88. The van der Waals surface area contributed by atoms with Crippen molar-refractivity contribution in [2.24, 2.45) is 0 Å². The van der Waals surface area contributed by atoms with Gasteiger partial charge in [0.1, 0.15) is 11.9 Å². The van der Waals surface area contributed by atoms with Crippen LogP contribution in [-0.2, 0) is 27.3 Å². The highest BCUT2D eigenvalue weighted by Crippen LogP contribution is 2.21. The van der Waals surface area contributed by atoms with E-state index in [2.05, 4.69) is 4.98 Å². The molecule has 1 aromatic rings. The zero-order valence-electron chi connectivity index (χ0n) is 14.3. The van der Waals surface area contributed by atoms with E-state index in [0.717, 1.165) is 57.4 Å². The van der Waals surface area contributed by atoms with Crippen molar-refractivity contribution in [3.63, 3.8) is 0 Å². The van der Waals surface area contributed by atoms with E-state index in [1.54, 1.807) is 6.20 Å². The molecule has 0 atom stereocenters. The van der Waals surface area contributed by atoms with Gasteiger partial charge in [0.2, 0.25) is 5.91 Å². The summed E-state index contributed by atoms with van der Waals surface area (Å²) in [5, 5.41) is 0. The first kappa shape index (κ1) is 17.0. The van der Waals surface area contributed by atoms with Crippen LogP contribution in [0.5, 0.6) is 0 Å². The smallest absolute Gasteiger partial charge is 0.307 e. The topological polar surface area (TPSA) is 64.4 Å². The van der Waals surface area contributed by atoms with Gasteiger partial charge in [-0.2, -0.15) is 0 Å². The summed E-state index contributed by atoms with van der Waals surface area (Å²) in [6.45, 7) is 2.35. The molecule has 0 bridgehead atoms. The Bertz CT molecular complexity index is 558. The van der Waals surface area contributed by atoms with Gasteiger partial charge in [0, 0.05) is 44.9 Å². The van der Waals surface area contributed by atoms with Crippen molar-refractivity contribution < 1.29 is 14.3 Å². The Balaban J connectivity index is 1.42. The highest BCUT2D eigenvalue weighted by molar-refractivity contribution is 5.76. The lowest BCUT2D eigenvalue weighted by Crippen LogP contribution is -2.28. The first-order chi connectivity index (χ1) is 11.7. The third-order valence-electron chi connectivity index (χ3n) is 4.98. The third kappa shape index (κ3) is 4.58. The molecule has 0 unspecified atom stereocenters. The van der Waals surface area contributed by atoms with Crippen molar-refractivity contribution >= 4 is 11.9 Å². The Morgan fingerprint density at radius 2 is 1.88 bits per heavy atom. The second-order valence-electron chi connectivity index (χ2n) is 6.77. The van der Waals surface area contributed by atoms with Crippen LogP contribution in [0.25, 0.3) is 0 Å². The number of aromatic nitrogens is 2. The van der Waals surface area contributed by atoms with E-state index in [1.807, 2.05) is 15.7 Å². The lowest BCUT2D eigenvalue weighted by atomic mass is 10.2. The minimum absolute atomic E-state index is 0.123. The number of nitrogens with zero attached hydrogens (tertiary/aromatic N) is 3. The van der Waals surface area contributed by atoms with Crippen LogP contribution in [0.2, 0.25) is 0 Å². The van der Waals surface area contributed by atoms with Crippen molar-refractivity contribution in [1.29, 1.82) is 0 Å². The molecular formula is C18H27N3O3. The number of likely N-dealkylation sites (tertiary alicyclic amines) is 1. The monoisotopic (exact) mass is 333 g/mol. The van der Waals surface area contributed by atoms with E-state index in [0.29, 0.717) is 25.8 Å². The quantitative estimate of drug-likeness (QED) is 0.718. The third-order valence-corrected chi connectivity index (χ3v) is 4.98. The average molecular weight is 333 g/mol. The number of hydrogen-bond acceptors (Lipinski definition) is 4. The number of carbonyl (C=O) groups excluding carboxylic acids is 2. The maximum Gasteiger partial charge on any atom is 0.307 e. The number of rotatable bonds is 7. The van der Waals surface area contributed by atoms with Gasteiger partial charge in [-0.15, -0.1) is 0 Å². The lowest BCUT2D eigenvalue weighted by Gasteiger charge is -2.15. The fraction of sp³-hybridized carbons (Fsp3) is 0.722. The standard InChI is InChI=1S/C18H27N3O3/c22-17(21-11-3-4-12-21)8-7-16-19-10-14-20(16)13-9-18(23)24-15-5-1-2-6-15/h10,14-15H,1-9,11-13H2. The number of carbonyl (C=O) groups is 2. The summed E-state index contributed by atoms with van der Waals surface area (Å²) in [6.07, 6.45) is 11.8. The molecule has 0 spiro atoms. The molecule has 1 saturated carbocycles. The molecule has 3 rings (SSSR count). The van der Waals surface area contributed by atoms with Crippen molar-refractivity contribution in [3.8, 4) is 0 Å². The summed E-state index contributed by atoms with van der Waals surface area (Å²) in [4.78, 5) is 30.3. The molecule has 0 aromatic carbocycles. The molecule has 1 aliphatic heterocycles. The van der Waals surface area contributed by atoms with Crippen molar-refractivity contribution in [3.05, 3.63) is 18.2 Å². The molecule has 2 heterocycles. The first-order valence-corrected chi connectivity index (χ1v) is 9.19. The number of hydrogen-bond donors (Lipinski definition) is 0. The predicted molar refractivity (Wildman–Crippen MR) is 89.3 cm³/mol. The molecular weight excluding hydrogens is 306 g/mol. The van der Waals surface area contributed by atoms with Gasteiger partial charge in [-0.3, -0.25) is 9.59 Å². The van der Waals surface area contributed by atoms with E-state index in [-0.39, 0.29) is 18.0 Å². The molecule has 0 radical (unpaired) electrons. The Hall–Kier alpha value is -1.85. The number of aryl methyl sites for hydroxylation is 2. The summed E-state index contributed by atoms with van der Waals surface area (Å²) >= 11 is 0. The van der Waals surface area contributed by atoms with E-state index in [1.165, 1.54) is 0 Å². The maximum absolute atomic E-state index is 12.1. The predicted octanol–water partition coefficient (Wildman–Crippen LogP) is 2.31. The van der Waals surface area contributed by atoms with Crippen molar-refractivity contribution in [2.45, 2.75) is 70.4 Å². The second-order valence-corrected chi connectivity index (χ2v) is 6.77. The van der Waals surface area contributed by atoms with Gasteiger partial charge in [0.05, 0.1) is 6.42 Å². The van der Waals surface area contributed by atoms with Gasteiger partial charge in [-0.1, -0.05) is 0 Å². The normalized spacial score (nSPS) is 18.2. The fourth-order valence-electron chi connectivity index (χ4n) is 3.58. The summed E-state index contributed by atoms with van der Waals surface area (Å²) < 4.78 is 7.45. The zero-order valence-corrected chi connectivity index (χ0v) is 14.3. The minimum Gasteiger partial charge on any atom is -0.462 e. The average Bonchev–Trinajstić information content (AvgIpc) is 3.31. The zero-order chi connectivity index (χ0) is 16.8. The molecule has 2 fully saturated rings. The Morgan fingerprint density at radius 1 is 1.12 bits per heavy atom. The number of esters is 1. The van der Waals surface area contributed by atoms with E-state index in [4.69, 9.17) is 4.74 Å². The summed E-state index contributed by atoms with van der Waals surface area (Å²) in [6, 6.07) is 0. The van der Waals surface area contributed by atoms with Gasteiger partial charge < -0.3 is 14.2 Å². The van der Waals surface area contributed by atoms with Crippen molar-refractivity contribution in [1.82, 2.24) is 14.5 Å². The molecule has 132 valence electrons. The summed E-state index contributed by atoms with van der Waals surface area (Å²) in [5.74, 6) is 0.952. The second kappa shape index (κ2) is 8.31. The SMILES string of the molecule is O=C(CCn1ccnc1CCC(=O)N1CCCC1)OC1CCCC1.